The van der Waals surface area contributed by atoms with Crippen molar-refractivity contribution in [1.29, 1.82) is 0 Å². The summed E-state index contributed by atoms with van der Waals surface area (Å²) in [4.78, 5) is 14.6. The van der Waals surface area contributed by atoms with Crippen LogP contribution in [0.25, 0.3) is 0 Å². The quantitative estimate of drug-likeness (QED) is 0.797. The molecule has 0 aliphatic carbocycles. The van der Waals surface area contributed by atoms with Gasteiger partial charge in [0.1, 0.15) is 0 Å². The van der Waals surface area contributed by atoms with Gasteiger partial charge in [0.25, 0.3) is 5.91 Å². The number of amides is 1. The second-order valence-electron chi connectivity index (χ2n) is 5.92. The van der Waals surface area contributed by atoms with Crippen molar-refractivity contribution < 1.29 is 14.3 Å². The van der Waals surface area contributed by atoms with Gasteiger partial charge in [0.15, 0.2) is 11.5 Å². The van der Waals surface area contributed by atoms with Gasteiger partial charge in [-0.1, -0.05) is 11.6 Å². The van der Waals surface area contributed by atoms with Gasteiger partial charge in [-0.05, 0) is 67.8 Å². The minimum absolute atomic E-state index is 0.0224. The predicted molar refractivity (Wildman–Crippen MR) is 98.7 cm³/mol. The predicted octanol–water partition coefficient (Wildman–Crippen LogP) is 4.34. The molecular weight excluding hydrogens is 338 g/mol. The number of rotatable bonds is 5. The van der Waals surface area contributed by atoms with Crippen molar-refractivity contribution in [3.63, 3.8) is 0 Å². The Bertz CT molecular complexity index is 758. The summed E-state index contributed by atoms with van der Waals surface area (Å²) in [5.41, 5.74) is 2.98. The number of hydrogen-bond donors (Lipinski definition) is 0. The number of ether oxygens (including phenoxy) is 2. The molecule has 0 aromatic heterocycles. The normalized spacial score (nSPS) is 13.3. The lowest BCUT2D eigenvalue weighted by Gasteiger charge is -2.30. The molecule has 0 bridgehead atoms. The molecule has 0 N–H and O–H groups in total. The van der Waals surface area contributed by atoms with Crippen LogP contribution in [0.15, 0.2) is 36.4 Å². The number of nitrogens with zero attached hydrogens (tertiary/aromatic N) is 1. The maximum Gasteiger partial charge on any atom is 0.254 e. The minimum atomic E-state index is 0.0224. The van der Waals surface area contributed by atoms with Crippen LogP contribution in [0, 0.1) is 0 Å². The van der Waals surface area contributed by atoms with Gasteiger partial charge < -0.3 is 14.4 Å². The molecule has 0 radical (unpaired) electrons. The zero-order valence-electron chi connectivity index (χ0n) is 14.5. The van der Waals surface area contributed by atoms with E-state index in [1.807, 2.05) is 30.9 Å². The SMILES string of the molecule is CCOc1cc2c(cc1OCC)CN(C(=O)c1ccc(Cl)cc1)CC2. The van der Waals surface area contributed by atoms with Gasteiger partial charge in [0.2, 0.25) is 0 Å². The molecule has 0 unspecified atom stereocenters. The highest BCUT2D eigenvalue weighted by atomic mass is 35.5. The van der Waals surface area contributed by atoms with Crippen LogP contribution in [0.1, 0.15) is 35.3 Å². The first-order chi connectivity index (χ1) is 12.1. The maximum absolute atomic E-state index is 12.7. The first-order valence-corrected chi connectivity index (χ1v) is 8.96. The van der Waals surface area contributed by atoms with Crippen LogP contribution in [0.4, 0.5) is 0 Å². The summed E-state index contributed by atoms with van der Waals surface area (Å²) in [5, 5.41) is 0.630. The molecule has 1 aliphatic heterocycles. The molecule has 0 saturated heterocycles. The van der Waals surface area contributed by atoms with E-state index >= 15 is 0 Å². The lowest BCUT2D eigenvalue weighted by molar-refractivity contribution is 0.0734. The summed E-state index contributed by atoms with van der Waals surface area (Å²) < 4.78 is 11.4. The summed E-state index contributed by atoms with van der Waals surface area (Å²) in [5.74, 6) is 1.54. The highest BCUT2D eigenvalue weighted by molar-refractivity contribution is 6.30. The number of carbonyl (C=O) groups excluding carboxylic acids is 1. The molecule has 132 valence electrons. The molecule has 5 heteroatoms. The minimum Gasteiger partial charge on any atom is -0.490 e. The fourth-order valence-electron chi connectivity index (χ4n) is 3.05. The Balaban J connectivity index is 1.83. The third kappa shape index (κ3) is 3.90. The molecule has 0 fully saturated rings. The van der Waals surface area contributed by atoms with Crippen molar-refractivity contribution in [3.05, 3.63) is 58.1 Å². The number of fused-ring (bicyclic) bond motifs is 1. The van der Waals surface area contributed by atoms with E-state index in [0.29, 0.717) is 36.9 Å². The van der Waals surface area contributed by atoms with Crippen molar-refractivity contribution in [2.24, 2.45) is 0 Å². The van der Waals surface area contributed by atoms with Crippen LogP contribution >= 0.6 is 11.6 Å². The molecule has 3 rings (SSSR count). The monoisotopic (exact) mass is 359 g/mol. The van der Waals surface area contributed by atoms with Gasteiger partial charge in [0.05, 0.1) is 13.2 Å². The van der Waals surface area contributed by atoms with Crippen LogP contribution in [-0.2, 0) is 13.0 Å². The van der Waals surface area contributed by atoms with Crippen molar-refractivity contribution in [2.45, 2.75) is 26.8 Å². The van der Waals surface area contributed by atoms with Crippen molar-refractivity contribution in [1.82, 2.24) is 4.90 Å². The molecule has 1 aliphatic rings. The topological polar surface area (TPSA) is 38.8 Å². The van der Waals surface area contributed by atoms with E-state index in [-0.39, 0.29) is 5.91 Å². The summed E-state index contributed by atoms with van der Waals surface area (Å²) in [6, 6.07) is 11.1. The van der Waals surface area contributed by atoms with Gasteiger partial charge in [0, 0.05) is 23.7 Å². The molecule has 1 heterocycles. The average Bonchev–Trinajstić information content (AvgIpc) is 2.62. The smallest absolute Gasteiger partial charge is 0.254 e. The lowest BCUT2D eigenvalue weighted by atomic mass is 9.98. The van der Waals surface area contributed by atoms with E-state index in [2.05, 4.69) is 0 Å². The number of carbonyl (C=O) groups is 1. The Labute approximate surface area is 153 Å². The first kappa shape index (κ1) is 17.6. The van der Waals surface area contributed by atoms with Crippen molar-refractivity contribution in [3.8, 4) is 11.5 Å². The Morgan fingerprint density at radius 2 is 1.64 bits per heavy atom. The van der Waals surface area contributed by atoms with Crippen LogP contribution in [0.3, 0.4) is 0 Å². The Morgan fingerprint density at radius 3 is 2.24 bits per heavy atom. The summed E-state index contributed by atoms with van der Waals surface area (Å²) in [6.45, 7) is 6.34. The van der Waals surface area contributed by atoms with E-state index in [0.717, 1.165) is 23.5 Å². The fourth-order valence-corrected chi connectivity index (χ4v) is 3.18. The fraction of sp³-hybridized carbons (Fsp3) is 0.350. The molecule has 2 aromatic carbocycles. The number of benzene rings is 2. The molecule has 0 spiro atoms. The Morgan fingerprint density at radius 1 is 1.04 bits per heavy atom. The number of halogens is 1. The first-order valence-electron chi connectivity index (χ1n) is 8.58. The zero-order chi connectivity index (χ0) is 17.8. The van der Waals surface area contributed by atoms with Gasteiger partial charge in [-0.15, -0.1) is 0 Å². The van der Waals surface area contributed by atoms with Gasteiger partial charge in [-0.25, -0.2) is 0 Å². The molecule has 1 amide bonds. The van der Waals surface area contributed by atoms with Crippen molar-refractivity contribution >= 4 is 17.5 Å². The van der Waals surface area contributed by atoms with E-state index in [1.54, 1.807) is 24.3 Å². The Hall–Kier alpha value is -2.20. The van der Waals surface area contributed by atoms with Gasteiger partial charge in [-0.3, -0.25) is 4.79 Å². The molecule has 4 nitrogen and oxygen atoms in total. The van der Waals surface area contributed by atoms with E-state index < -0.39 is 0 Å². The largest absolute Gasteiger partial charge is 0.490 e. The standard InChI is InChI=1S/C20H22ClNO3/c1-3-24-18-11-15-9-10-22(13-16(15)12-19(18)25-4-2)20(23)14-5-7-17(21)8-6-14/h5-8,11-12H,3-4,9-10,13H2,1-2H3. The Kier molecular flexibility index (Phi) is 5.49. The maximum atomic E-state index is 12.7. The van der Waals surface area contributed by atoms with E-state index in [9.17, 15) is 4.79 Å². The van der Waals surface area contributed by atoms with Crippen LogP contribution in [0.2, 0.25) is 5.02 Å². The average molecular weight is 360 g/mol. The number of hydrogen-bond acceptors (Lipinski definition) is 3. The summed E-state index contributed by atoms with van der Waals surface area (Å²) in [7, 11) is 0. The van der Waals surface area contributed by atoms with Gasteiger partial charge in [-0.2, -0.15) is 0 Å². The molecule has 25 heavy (non-hydrogen) atoms. The molecule has 0 saturated carbocycles. The van der Waals surface area contributed by atoms with E-state index in [4.69, 9.17) is 21.1 Å². The van der Waals surface area contributed by atoms with Crippen LogP contribution < -0.4 is 9.47 Å². The molecule has 0 atom stereocenters. The third-order valence-electron chi connectivity index (χ3n) is 4.26. The summed E-state index contributed by atoms with van der Waals surface area (Å²) in [6.07, 6.45) is 0.807. The molecular formula is C20H22ClNO3. The highest BCUT2D eigenvalue weighted by Crippen LogP contribution is 2.34. The van der Waals surface area contributed by atoms with Crippen molar-refractivity contribution in [2.75, 3.05) is 19.8 Å². The second kappa shape index (κ2) is 7.79. The van der Waals surface area contributed by atoms with Crippen LogP contribution in [0.5, 0.6) is 11.5 Å². The van der Waals surface area contributed by atoms with Crippen LogP contribution in [-0.4, -0.2) is 30.6 Å². The van der Waals surface area contributed by atoms with Gasteiger partial charge >= 0.3 is 0 Å². The second-order valence-corrected chi connectivity index (χ2v) is 6.35. The third-order valence-corrected chi connectivity index (χ3v) is 4.51. The van der Waals surface area contributed by atoms with E-state index in [1.165, 1.54) is 5.56 Å². The summed E-state index contributed by atoms with van der Waals surface area (Å²) >= 11 is 5.91. The zero-order valence-corrected chi connectivity index (χ0v) is 15.3. The lowest BCUT2D eigenvalue weighted by Crippen LogP contribution is -2.36. The molecule has 2 aromatic rings. The highest BCUT2D eigenvalue weighted by Gasteiger charge is 2.23.